The summed E-state index contributed by atoms with van der Waals surface area (Å²) in [5, 5.41) is 3.12. The number of nitrogens with zero attached hydrogens (tertiary/aromatic N) is 1. The van der Waals surface area contributed by atoms with Crippen molar-refractivity contribution in [3.8, 4) is 0 Å². The zero-order valence-electron chi connectivity index (χ0n) is 11.9. The Bertz CT molecular complexity index is 457. The molecule has 19 heavy (non-hydrogen) atoms. The van der Waals surface area contributed by atoms with Crippen LogP contribution in [0.4, 0.5) is 0 Å². The van der Waals surface area contributed by atoms with Gasteiger partial charge in [0.2, 0.25) is 0 Å². The van der Waals surface area contributed by atoms with E-state index < -0.39 is 0 Å². The Morgan fingerprint density at radius 1 is 1.42 bits per heavy atom. The van der Waals surface area contributed by atoms with Crippen LogP contribution in [0.15, 0.2) is 18.2 Å². The van der Waals surface area contributed by atoms with Gasteiger partial charge in [-0.25, -0.2) is 0 Å². The van der Waals surface area contributed by atoms with Crippen LogP contribution in [0.5, 0.6) is 0 Å². The summed E-state index contributed by atoms with van der Waals surface area (Å²) in [5.41, 5.74) is 3.14. The quantitative estimate of drug-likeness (QED) is 0.894. The van der Waals surface area contributed by atoms with E-state index in [1.54, 1.807) is 0 Å². The lowest BCUT2D eigenvalue weighted by Crippen LogP contribution is -2.52. The third kappa shape index (κ3) is 3.14. The largest absolute Gasteiger partial charge is 0.377 e. The lowest BCUT2D eigenvalue weighted by Gasteiger charge is -2.35. The molecule has 0 spiro atoms. The van der Waals surface area contributed by atoms with Crippen molar-refractivity contribution in [3.63, 3.8) is 0 Å². The van der Waals surface area contributed by atoms with Gasteiger partial charge in [-0.05, 0) is 44.2 Å². The van der Waals surface area contributed by atoms with Crippen molar-refractivity contribution in [3.05, 3.63) is 34.9 Å². The van der Waals surface area contributed by atoms with Gasteiger partial charge in [0, 0.05) is 18.7 Å². The number of aryl methyl sites for hydroxylation is 2. The molecule has 0 saturated carbocycles. The van der Waals surface area contributed by atoms with Gasteiger partial charge in [-0.2, -0.15) is 0 Å². The second-order valence-electron chi connectivity index (χ2n) is 5.08. The monoisotopic (exact) mass is 262 g/mol. The molecule has 1 aliphatic heterocycles. The fraction of sp³-hybridized carbons (Fsp3) is 0.533. The third-order valence-electron chi connectivity index (χ3n) is 3.68. The number of likely N-dealkylation sites (N-methyl/N-ethyl adjacent to an activating group) is 1. The van der Waals surface area contributed by atoms with Gasteiger partial charge in [0.05, 0.1) is 19.3 Å². The summed E-state index contributed by atoms with van der Waals surface area (Å²) in [7, 11) is 1.90. The number of hydrogen-bond acceptors (Lipinski definition) is 3. The van der Waals surface area contributed by atoms with E-state index in [0.717, 1.165) is 17.7 Å². The summed E-state index contributed by atoms with van der Waals surface area (Å²) >= 11 is 0. The van der Waals surface area contributed by atoms with Gasteiger partial charge < -0.3 is 15.0 Å². The Kier molecular flexibility index (Phi) is 4.56. The maximum atomic E-state index is 12.6. The SMILES string of the molecule is CNCC1COCCN1C(=O)c1ccc(C)c(C)c1. The van der Waals surface area contributed by atoms with Crippen LogP contribution in [0, 0.1) is 13.8 Å². The van der Waals surface area contributed by atoms with Gasteiger partial charge in [0.15, 0.2) is 0 Å². The molecule has 1 unspecified atom stereocenters. The van der Waals surface area contributed by atoms with Crippen molar-refractivity contribution in [1.82, 2.24) is 10.2 Å². The highest BCUT2D eigenvalue weighted by Gasteiger charge is 2.27. The lowest BCUT2D eigenvalue weighted by molar-refractivity contribution is -0.000979. The zero-order chi connectivity index (χ0) is 13.8. The summed E-state index contributed by atoms with van der Waals surface area (Å²) in [6.07, 6.45) is 0. The molecule has 1 fully saturated rings. The smallest absolute Gasteiger partial charge is 0.254 e. The van der Waals surface area contributed by atoms with Crippen LogP contribution in [0.3, 0.4) is 0 Å². The molecule has 0 aliphatic carbocycles. The van der Waals surface area contributed by atoms with Crippen LogP contribution in [0.2, 0.25) is 0 Å². The Labute approximate surface area is 114 Å². The van der Waals surface area contributed by atoms with E-state index in [2.05, 4.69) is 12.2 Å². The minimum absolute atomic E-state index is 0.103. The molecule has 1 aliphatic rings. The van der Waals surface area contributed by atoms with Crippen LogP contribution < -0.4 is 5.32 Å². The molecule has 104 valence electrons. The molecule has 1 atom stereocenters. The average molecular weight is 262 g/mol. The Hall–Kier alpha value is -1.39. The molecule has 1 amide bonds. The van der Waals surface area contributed by atoms with Gasteiger partial charge in [-0.3, -0.25) is 4.79 Å². The first-order valence-corrected chi connectivity index (χ1v) is 6.74. The topological polar surface area (TPSA) is 41.6 Å². The Morgan fingerprint density at radius 3 is 2.89 bits per heavy atom. The number of amides is 1. The molecule has 1 aromatic rings. The standard InChI is InChI=1S/C15H22N2O2/c1-11-4-5-13(8-12(11)2)15(18)17-6-7-19-10-14(17)9-16-3/h4-5,8,14,16H,6-7,9-10H2,1-3H3. The van der Waals surface area contributed by atoms with Crippen molar-refractivity contribution in [2.45, 2.75) is 19.9 Å². The van der Waals surface area contributed by atoms with Crippen LogP contribution in [0.1, 0.15) is 21.5 Å². The molecular formula is C15H22N2O2. The number of morpholine rings is 1. The minimum atomic E-state index is 0.103. The van der Waals surface area contributed by atoms with Gasteiger partial charge in [0.25, 0.3) is 5.91 Å². The second kappa shape index (κ2) is 6.17. The van der Waals surface area contributed by atoms with Crippen molar-refractivity contribution in [2.24, 2.45) is 0 Å². The number of benzene rings is 1. The Morgan fingerprint density at radius 2 is 2.21 bits per heavy atom. The fourth-order valence-corrected chi connectivity index (χ4v) is 2.37. The van der Waals surface area contributed by atoms with Crippen molar-refractivity contribution in [2.75, 3.05) is 33.4 Å². The first-order valence-electron chi connectivity index (χ1n) is 6.74. The molecule has 4 nitrogen and oxygen atoms in total. The summed E-state index contributed by atoms with van der Waals surface area (Å²) in [4.78, 5) is 14.5. The molecule has 4 heteroatoms. The van der Waals surface area contributed by atoms with Gasteiger partial charge in [-0.1, -0.05) is 6.07 Å². The molecule has 1 aromatic carbocycles. The molecule has 1 saturated heterocycles. The average Bonchev–Trinajstić information content (AvgIpc) is 2.42. The summed E-state index contributed by atoms with van der Waals surface area (Å²) in [6.45, 7) is 6.75. The predicted molar refractivity (Wildman–Crippen MR) is 75.5 cm³/mol. The van der Waals surface area contributed by atoms with E-state index >= 15 is 0 Å². The normalized spacial score (nSPS) is 19.5. The fourth-order valence-electron chi connectivity index (χ4n) is 2.37. The van der Waals surface area contributed by atoms with Crippen molar-refractivity contribution >= 4 is 5.91 Å². The number of rotatable bonds is 3. The first kappa shape index (κ1) is 14.0. The highest BCUT2D eigenvalue weighted by atomic mass is 16.5. The molecule has 0 aromatic heterocycles. The van der Waals surface area contributed by atoms with Gasteiger partial charge in [0.1, 0.15) is 0 Å². The van der Waals surface area contributed by atoms with Crippen LogP contribution >= 0.6 is 0 Å². The van der Waals surface area contributed by atoms with E-state index in [4.69, 9.17) is 4.74 Å². The highest BCUT2D eigenvalue weighted by molar-refractivity contribution is 5.94. The van der Waals surface area contributed by atoms with Crippen molar-refractivity contribution < 1.29 is 9.53 Å². The lowest BCUT2D eigenvalue weighted by atomic mass is 10.0. The number of ether oxygens (including phenoxy) is 1. The predicted octanol–water partition coefficient (Wildman–Crippen LogP) is 1.36. The van der Waals surface area contributed by atoms with Crippen LogP contribution in [-0.4, -0.2) is 50.2 Å². The van der Waals surface area contributed by atoms with E-state index in [-0.39, 0.29) is 11.9 Å². The van der Waals surface area contributed by atoms with Crippen LogP contribution in [0.25, 0.3) is 0 Å². The molecule has 2 rings (SSSR count). The maximum Gasteiger partial charge on any atom is 0.254 e. The second-order valence-corrected chi connectivity index (χ2v) is 5.08. The molecule has 1 heterocycles. The third-order valence-corrected chi connectivity index (χ3v) is 3.68. The van der Waals surface area contributed by atoms with Gasteiger partial charge in [-0.15, -0.1) is 0 Å². The molecule has 0 radical (unpaired) electrons. The van der Waals surface area contributed by atoms with E-state index in [1.807, 2.05) is 37.1 Å². The van der Waals surface area contributed by atoms with Crippen molar-refractivity contribution in [1.29, 1.82) is 0 Å². The van der Waals surface area contributed by atoms with Gasteiger partial charge >= 0.3 is 0 Å². The number of carbonyl (C=O) groups is 1. The molecule has 0 bridgehead atoms. The van der Waals surface area contributed by atoms with E-state index in [9.17, 15) is 4.79 Å². The van der Waals surface area contributed by atoms with Crippen LogP contribution in [-0.2, 0) is 4.74 Å². The first-order chi connectivity index (χ1) is 9.13. The van der Waals surface area contributed by atoms with E-state index in [0.29, 0.717) is 19.8 Å². The summed E-state index contributed by atoms with van der Waals surface area (Å²) in [5.74, 6) is 0.103. The summed E-state index contributed by atoms with van der Waals surface area (Å²) < 4.78 is 5.46. The minimum Gasteiger partial charge on any atom is -0.377 e. The maximum absolute atomic E-state index is 12.6. The number of nitrogens with one attached hydrogen (secondary N) is 1. The summed E-state index contributed by atoms with van der Waals surface area (Å²) in [6, 6.07) is 6.02. The van der Waals surface area contributed by atoms with E-state index in [1.165, 1.54) is 5.56 Å². The number of hydrogen-bond donors (Lipinski definition) is 1. The Balaban J connectivity index is 2.18. The molecule has 1 N–H and O–H groups in total. The zero-order valence-corrected chi connectivity index (χ0v) is 11.9. The number of carbonyl (C=O) groups excluding carboxylic acids is 1. The highest BCUT2D eigenvalue weighted by Crippen LogP contribution is 2.15. The molecular weight excluding hydrogens is 240 g/mol.